The molecule has 2 aromatic rings. The quantitative estimate of drug-likeness (QED) is 0.863. The van der Waals surface area contributed by atoms with E-state index in [0.717, 1.165) is 41.7 Å². The number of aryl methyl sites for hydroxylation is 2. The Labute approximate surface area is 112 Å². The first-order chi connectivity index (χ1) is 9.22. The number of aromatic nitrogens is 4. The summed E-state index contributed by atoms with van der Waals surface area (Å²) in [6.07, 6.45) is 2.41. The fraction of sp³-hybridized carbons (Fsp3) is 0.500. The van der Waals surface area contributed by atoms with E-state index in [1.54, 1.807) is 0 Å². The van der Waals surface area contributed by atoms with Crippen LogP contribution in [0, 0.1) is 13.8 Å². The standard InChI is InChI=1S/C14H19N5/c1-9-6-14(19-18-9)13-7-12(16-10(2)17-13)11-4-3-5-15-8-11/h6-7,11,15H,3-5,8H2,1-2H3,(H,18,19)/t11-/m1/s1. The zero-order valence-corrected chi connectivity index (χ0v) is 11.4. The van der Waals surface area contributed by atoms with Crippen LogP contribution in [0.25, 0.3) is 11.4 Å². The smallest absolute Gasteiger partial charge is 0.126 e. The molecule has 5 heteroatoms. The molecule has 100 valence electrons. The number of piperidine rings is 1. The largest absolute Gasteiger partial charge is 0.316 e. The lowest BCUT2D eigenvalue weighted by molar-refractivity contribution is 0.453. The zero-order chi connectivity index (χ0) is 13.2. The number of nitrogens with zero attached hydrogens (tertiary/aromatic N) is 3. The van der Waals surface area contributed by atoms with E-state index >= 15 is 0 Å². The van der Waals surface area contributed by atoms with Crippen LogP contribution in [0.4, 0.5) is 0 Å². The molecule has 0 saturated carbocycles. The lowest BCUT2D eigenvalue weighted by atomic mass is 9.95. The number of hydrogen-bond acceptors (Lipinski definition) is 4. The molecule has 1 saturated heterocycles. The Morgan fingerprint density at radius 2 is 2.05 bits per heavy atom. The van der Waals surface area contributed by atoms with Gasteiger partial charge in [-0.3, -0.25) is 5.10 Å². The van der Waals surface area contributed by atoms with Gasteiger partial charge >= 0.3 is 0 Å². The monoisotopic (exact) mass is 257 g/mol. The third kappa shape index (κ3) is 2.66. The summed E-state index contributed by atoms with van der Waals surface area (Å²) in [4.78, 5) is 9.10. The van der Waals surface area contributed by atoms with Gasteiger partial charge in [0.2, 0.25) is 0 Å². The number of aromatic amines is 1. The summed E-state index contributed by atoms with van der Waals surface area (Å²) >= 11 is 0. The van der Waals surface area contributed by atoms with Gasteiger partial charge in [0.15, 0.2) is 0 Å². The number of hydrogen-bond donors (Lipinski definition) is 2. The molecule has 3 rings (SSSR count). The molecule has 19 heavy (non-hydrogen) atoms. The predicted molar refractivity (Wildman–Crippen MR) is 73.9 cm³/mol. The average molecular weight is 257 g/mol. The third-order valence-corrected chi connectivity index (χ3v) is 3.54. The molecule has 0 spiro atoms. The second-order valence-corrected chi connectivity index (χ2v) is 5.20. The summed E-state index contributed by atoms with van der Waals surface area (Å²) in [5, 5.41) is 10.7. The van der Waals surface area contributed by atoms with Crippen LogP contribution in [0.5, 0.6) is 0 Å². The van der Waals surface area contributed by atoms with Crippen molar-refractivity contribution in [1.29, 1.82) is 0 Å². The molecular formula is C14H19N5. The first-order valence-electron chi connectivity index (χ1n) is 6.81. The molecule has 0 radical (unpaired) electrons. The number of H-pyrrole nitrogens is 1. The molecule has 1 atom stereocenters. The summed E-state index contributed by atoms with van der Waals surface area (Å²) in [6, 6.07) is 4.10. The first kappa shape index (κ1) is 12.3. The maximum absolute atomic E-state index is 4.60. The minimum Gasteiger partial charge on any atom is -0.316 e. The highest BCUT2D eigenvalue weighted by Crippen LogP contribution is 2.25. The summed E-state index contributed by atoms with van der Waals surface area (Å²) in [5.41, 5.74) is 3.99. The van der Waals surface area contributed by atoms with Crippen molar-refractivity contribution in [3.8, 4) is 11.4 Å². The van der Waals surface area contributed by atoms with E-state index in [4.69, 9.17) is 0 Å². The van der Waals surface area contributed by atoms with Crippen LogP contribution in [0.3, 0.4) is 0 Å². The van der Waals surface area contributed by atoms with Gasteiger partial charge in [-0.15, -0.1) is 0 Å². The molecule has 5 nitrogen and oxygen atoms in total. The second kappa shape index (κ2) is 5.09. The summed E-state index contributed by atoms with van der Waals surface area (Å²) in [6.45, 7) is 6.07. The molecule has 2 aromatic heterocycles. The van der Waals surface area contributed by atoms with Gasteiger partial charge < -0.3 is 5.32 Å². The summed E-state index contributed by atoms with van der Waals surface area (Å²) < 4.78 is 0. The highest BCUT2D eigenvalue weighted by Gasteiger charge is 2.18. The van der Waals surface area contributed by atoms with Gasteiger partial charge in [-0.1, -0.05) is 0 Å². The SMILES string of the molecule is Cc1nc(-c2cc(C)[nH]n2)cc([C@@H]2CCCNC2)n1. The van der Waals surface area contributed by atoms with E-state index in [-0.39, 0.29) is 0 Å². The molecule has 1 fully saturated rings. The Bertz CT molecular complexity index is 569. The van der Waals surface area contributed by atoms with Crippen molar-refractivity contribution >= 4 is 0 Å². The van der Waals surface area contributed by atoms with Gasteiger partial charge in [0.1, 0.15) is 11.5 Å². The van der Waals surface area contributed by atoms with Crippen LogP contribution in [-0.4, -0.2) is 33.3 Å². The Morgan fingerprint density at radius 3 is 2.74 bits per heavy atom. The fourth-order valence-corrected chi connectivity index (χ4v) is 2.58. The second-order valence-electron chi connectivity index (χ2n) is 5.20. The molecule has 1 aliphatic rings. The molecular weight excluding hydrogens is 238 g/mol. The summed E-state index contributed by atoms with van der Waals surface area (Å²) in [7, 11) is 0. The zero-order valence-electron chi connectivity index (χ0n) is 11.4. The number of nitrogens with one attached hydrogen (secondary N) is 2. The van der Waals surface area contributed by atoms with Gasteiger partial charge in [0, 0.05) is 23.9 Å². The van der Waals surface area contributed by atoms with Crippen molar-refractivity contribution in [3.05, 3.63) is 29.3 Å². The Balaban J connectivity index is 1.95. The van der Waals surface area contributed by atoms with Crippen LogP contribution in [0.1, 0.15) is 36.0 Å². The Hall–Kier alpha value is -1.75. The van der Waals surface area contributed by atoms with E-state index in [2.05, 4.69) is 31.5 Å². The fourth-order valence-electron chi connectivity index (χ4n) is 2.58. The molecule has 0 bridgehead atoms. The van der Waals surface area contributed by atoms with Crippen molar-refractivity contribution in [2.24, 2.45) is 0 Å². The van der Waals surface area contributed by atoms with Crippen molar-refractivity contribution in [1.82, 2.24) is 25.5 Å². The van der Waals surface area contributed by atoms with E-state index in [9.17, 15) is 0 Å². The maximum atomic E-state index is 4.60. The van der Waals surface area contributed by atoms with E-state index < -0.39 is 0 Å². The average Bonchev–Trinajstić information content (AvgIpc) is 2.86. The van der Waals surface area contributed by atoms with Crippen molar-refractivity contribution in [2.45, 2.75) is 32.6 Å². The minimum absolute atomic E-state index is 0.495. The van der Waals surface area contributed by atoms with Gasteiger partial charge in [-0.25, -0.2) is 9.97 Å². The van der Waals surface area contributed by atoms with Crippen LogP contribution < -0.4 is 5.32 Å². The van der Waals surface area contributed by atoms with Crippen molar-refractivity contribution < 1.29 is 0 Å². The summed E-state index contributed by atoms with van der Waals surface area (Å²) in [5.74, 6) is 1.31. The highest BCUT2D eigenvalue weighted by molar-refractivity contribution is 5.54. The van der Waals surface area contributed by atoms with Gasteiger partial charge in [-0.05, 0) is 45.4 Å². The Kier molecular flexibility index (Phi) is 3.29. The lowest BCUT2D eigenvalue weighted by Crippen LogP contribution is -2.29. The Morgan fingerprint density at radius 1 is 1.16 bits per heavy atom. The van der Waals surface area contributed by atoms with Crippen LogP contribution >= 0.6 is 0 Å². The third-order valence-electron chi connectivity index (χ3n) is 3.54. The number of rotatable bonds is 2. The molecule has 0 amide bonds. The van der Waals surface area contributed by atoms with E-state index in [0.29, 0.717) is 5.92 Å². The van der Waals surface area contributed by atoms with E-state index in [1.807, 2.05) is 19.9 Å². The van der Waals surface area contributed by atoms with Crippen molar-refractivity contribution in [3.63, 3.8) is 0 Å². The van der Waals surface area contributed by atoms with Gasteiger partial charge in [0.05, 0.1) is 5.69 Å². The lowest BCUT2D eigenvalue weighted by Gasteiger charge is -2.22. The molecule has 1 aliphatic heterocycles. The van der Waals surface area contributed by atoms with Crippen LogP contribution in [0.2, 0.25) is 0 Å². The maximum Gasteiger partial charge on any atom is 0.126 e. The van der Waals surface area contributed by atoms with E-state index in [1.165, 1.54) is 12.8 Å². The van der Waals surface area contributed by atoms with Gasteiger partial charge in [-0.2, -0.15) is 5.10 Å². The molecule has 3 heterocycles. The molecule has 0 aromatic carbocycles. The predicted octanol–water partition coefficient (Wildman–Crippen LogP) is 1.95. The van der Waals surface area contributed by atoms with Crippen LogP contribution in [0.15, 0.2) is 12.1 Å². The molecule has 0 unspecified atom stereocenters. The van der Waals surface area contributed by atoms with Crippen LogP contribution in [-0.2, 0) is 0 Å². The molecule has 2 N–H and O–H groups in total. The minimum atomic E-state index is 0.495. The first-order valence-corrected chi connectivity index (χ1v) is 6.81. The topological polar surface area (TPSA) is 66.5 Å². The van der Waals surface area contributed by atoms with Gasteiger partial charge in [0.25, 0.3) is 0 Å². The molecule has 0 aliphatic carbocycles. The highest BCUT2D eigenvalue weighted by atomic mass is 15.1. The van der Waals surface area contributed by atoms with Crippen molar-refractivity contribution in [2.75, 3.05) is 13.1 Å². The normalized spacial score (nSPS) is 19.6.